The minimum Gasteiger partial charge on any atom is -0.393 e. The van der Waals surface area contributed by atoms with E-state index in [4.69, 9.17) is 5.73 Å². The molecule has 0 aromatic heterocycles. The van der Waals surface area contributed by atoms with Crippen molar-refractivity contribution in [3.8, 4) is 0 Å². The Morgan fingerprint density at radius 1 is 1.40 bits per heavy atom. The van der Waals surface area contributed by atoms with E-state index in [-0.39, 0.29) is 11.5 Å². The normalized spacial score (nSPS) is 18.5. The molecule has 3 N–H and O–H groups in total. The standard InChI is InChI=1S/C10H23NO3S/c1-4-6-15(13,14)7-5-10(3,8-11)9(2)12/h9,12H,4-8,11H2,1-3H3. The van der Waals surface area contributed by atoms with E-state index in [1.807, 2.05) is 13.8 Å². The van der Waals surface area contributed by atoms with Crippen LogP contribution in [0.3, 0.4) is 0 Å². The minimum atomic E-state index is -2.98. The molecule has 0 aromatic rings. The molecule has 0 aromatic carbocycles. The molecule has 0 radical (unpaired) electrons. The molecule has 0 spiro atoms. The molecule has 2 atom stereocenters. The first-order valence-electron chi connectivity index (χ1n) is 5.36. The minimum absolute atomic E-state index is 0.111. The third-order valence-electron chi connectivity index (χ3n) is 2.97. The zero-order valence-corrected chi connectivity index (χ0v) is 10.7. The summed E-state index contributed by atoms with van der Waals surface area (Å²) < 4.78 is 23.0. The quantitative estimate of drug-likeness (QED) is 0.677. The molecule has 4 nitrogen and oxygen atoms in total. The molecule has 2 unspecified atom stereocenters. The number of hydrogen-bond donors (Lipinski definition) is 2. The van der Waals surface area contributed by atoms with Crippen LogP contribution in [0.1, 0.15) is 33.6 Å². The second-order valence-corrected chi connectivity index (χ2v) is 6.74. The number of aliphatic hydroxyl groups excluding tert-OH is 1. The molecular formula is C10H23NO3S. The van der Waals surface area contributed by atoms with Gasteiger partial charge in [-0.3, -0.25) is 0 Å². The highest BCUT2D eigenvalue weighted by molar-refractivity contribution is 7.91. The van der Waals surface area contributed by atoms with E-state index in [2.05, 4.69) is 0 Å². The fourth-order valence-corrected chi connectivity index (χ4v) is 2.89. The van der Waals surface area contributed by atoms with Gasteiger partial charge in [0.25, 0.3) is 0 Å². The van der Waals surface area contributed by atoms with Gasteiger partial charge in [0, 0.05) is 17.7 Å². The third kappa shape index (κ3) is 4.95. The van der Waals surface area contributed by atoms with Gasteiger partial charge in [0.2, 0.25) is 0 Å². The molecule has 5 heteroatoms. The summed E-state index contributed by atoms with van der Waals surface area (Å²) in [7, 11) is -2.98. The van der Waals surface area contributed by atoms with Crippen LogP contribution >= 0.6 is 0 Å². The largest absolute Gasteiger partial charge is 0.393 e. The zero-order valence-electron chi connectivity index (χ0n) is 9.86. The maximum Gasteiger partial charge on any atom is 0.150 e. The van der Waals surface area contributed by atoms with Crippen molar-refractivity contribution in [3.05, 3.63) is 0 Å². The van der Waals surface area contributed by atoms with Gasteiger partial charge in [-0.25, -0.2) is 8.42 Å². The molecule has 0 bridgehead atoms. The second kappa shape index (κ2) is 5.82. The molecule has 92 valence electrons. The van der Waals surface area contributed by atoms with E-state index in [9.17, 15) is 13.5 Å². The van der Waals surface area contributed by atoms with Gasteiger partial charge in [-0.1, -0.05) is 13.8 Å². The highest BCUT2D eigenvalue weighted by Crippen LogP contribution is 2.25. The van der Waals surface area contributed by atoms with Crippen LogP contribution in [0.5, 0.6) is 0 Å². The summed E-state index contributed by atoms with van der Waals surface area (Å²) in [6.45, 7) is 5.61. The average Bonchev–Trinajstić information content (AvgIpc) is 2.14. The van der Waals surface area contributed by atoms with Crippen molar-refractivity contribution >= 4 is 9.84 Å². The lowest BCUT2D eigenvalue weighted by molar-refractivity contribution is 0.0564. The predicted molar refractivity (Wildman–Crippen MR) is 62.4 cm³/mol. The van der Waals surface area contributed by atoms with Gasteiger partial charge in [0.1, 0.15) is 9.84 Å². The first-order chi connectivity index (χ1) is 6.77. The fourth-order valence-electron chi connectivity index (χ4n) is 1.28. The Morgan fingerprint density at radius 3 is 2.27 bits per heavy atom. The van der Waals surface area contributed by atoms with E-state index in [0.717, 1.165) is 0 Å². The lowest BCUT2D eigenvalue weighted by Crippen LogP contribution is -2.39. The van der Waals surface area contributed by atoms with Gasteiger partial charge in [0.15, 0.2) is 0 Å². The average molecular weight is 237 g/mol. The van der Waals surface area contributed by atoms with Crippen LogP contribution in [-0.2, 0) is 9.84 Å². The van der Waals surface area contributed by atoms with E-state index in [0.29, 0.717) is 19.4 Å². The van der Waals surface area contributed by atoms with E-state index in [1.54, 1.807) is 6.92 Å². The summed E-state index contributed by atoms with van der Waals surface area (Å²) in [6, 6.07) is 0. The van der Waals surface area contributed by atoms with Crippen LogP contribution in [0, 0.1) is 5.41 Å². The predicted octanol–water partition coefficient (Wildman–Crippen LogP) is 0.547. The van der Waals surface area contributed by atoms with Gasteiger partial charge < -0.3 is 10.8 Å². The molecule has 0 saturated heterocycles. The van der Waals surface area contributed by atoms with Crippen LogP contribution in [0.2, 0.25) is 0 Å². The molecule has 0 aliphatic carbocycles. The van der Waals surface area contributed by atoms with Crippen LogP contribution in [0.15, 0.2) is 0 Å². The molecule has 0 saturated carbocycles. The van der Waals surface area contributed by atoms with Crippen molar-refractivity contribution in [2.45, 2.75) is 39.7 Å². The van der Waals surface area contributed by atoms with Gasteiger partial charge >= 0.3 is 0 Å². The number of hydrogen-bond acceptors (Lipinski definition) is 4. The van der Waals surface area contributed by atoms with Crippen molar-refractivity contribution in [1.82, 2.24) is 0 Å². The summed E-state index contributed by atoms with van der Waals surface area (Å²) in [6.07, 6.45) is 0.471. The SMILES string of the molecule is CCCS(=O)(=O)CCC(C)(CN)C(C)O. The molecule has 0 heterocycles. The Bertz CT molecular complexity index is 274. The van der Waals surface area contributed by atoms with Crippen molar-refractivity contribution in [2.75, 3.05) is 18.1 Å². The highest BCUT2D eigenvalue weighted by atomic mass is 32.2. The first-order valence-corrected chi connectivity index (χ1v) is 7.18. The molecule has 15 heavy (non-hydrogen) atoms. The fraction of sp³-hybridized carbons (Fsp3) is 1.00. The lowest BCUT2D eigenvalue weighted by Gasteiger charge is -2.30. The maximum absolute atomic E-state index is 11.5. The Hall–Kier alpha value is -0.130. The lowest BCUT2D eigenvalue weighted by atomic mass is 9.82. The van der Waals surface area contributed by atoms with Gasteiger partial charge in [-0.15, -0.1) is 0 Å². The van der Waals surface area contributed by atoms with Crippen LogP contribution in [-0.4, -0.2) is 37.7 Å². The molecule has 0 rings (SSSR count). The summed E-state index contributed by atoms with van der Waals surface area (Å²) >= 11 is 0. The number of nitrogens with two attached hydrogens (primary N) is 1. The van der Waals surface area contributed by atoms with Gasteiger partial charge in [0.05, 0.1) is 11.9 Å². The molecule has 0 fully saturated rings. The van der Waals surface area contributed by atoms with Gasteiger partial charge in [-0.2, -0.15) is 0 Å². The molecule has 0 aliphatic heterocycles. The monoisotopic (exact) mass is 237 g/mol. The Morgan fingerprint density at radius 2 is 1.93 bits per heavy atom. The Labute approximate surface area is 92.8 Å². The van der Waals surface area contributed by atoms with Crippen LogP contribution in [0.25, 0.3) is 0 Å². The zero-order chi connectivity index (χ0) is 12.1. The summed E-state index contributed by atoms with van der Waals surface area (Å²) in [5, 5.41) is 9.52. The topological polar surface area (TPSA) is 80.4 Å². The number of sulfone groups is 1. The van der Waals surface area contributed by atoms with Crippen molar-refractivity contribution < 1.29 is 13.5 Å². The van der Waals surface area contributed by atoms with E-state index < -0.39 is 21.4 Å². The molecular weight excluding hydrogens is 214 g/mol. The smallest absolute Gasteiger partial charge is 0.150 e. The maximum atomic E-state index is 11.5. The Kier molecular flexibility index (Phi) is 5.77. The van der Waals surface area contributed by atoms with E-state index in [1.165, 1.54) is 0 Å². The Balaban J connectivity index is 4.36. The number of aliphatic hydroxyl groups is 1. The summed E-state index contributed by atoms with van der Waals surface area (Å²) in [5.41, 5.74) is 5.06. The van der Waals surface area contributed by atoms with Gasteiger partial charge in [-0.05, 0) is 19.8 Å². The van der Waals surface area contributed by atoms with Crippen molar-refractivity contribution in [2.24, 2.45) is 11.1 Å². The summed E-state index contributed by atoms with van der Waals surface area (Å²) in [5.74, 6) is 0.326. The van der Waals surface area contributed by atoms with E-state index >= 15 is 0 Å². The van der Waals surface area contributed by atoms with Crippen molar-refractivity contribution in [3.63, 3.8) is 0 Å². The van der Waals surface area contributed by atoms with Crippen LogP contribution < -0.4 is 5.73 Å². The highest BCUT2D eigenvalue weighted by Gasteiger charge is 2.29. The second-order valence-electron chi connectivity index (χ2n) is 4.44. The van der Waals surface area contributed by atoms with Crippen molar-refractivity contribution in [1.29, 1.82) is 0 Å². The molecule has 0 amide bonds. The van der Waals surface area contributed by atoms with Crippen LogP contribution in [0.4, 0.5) is 0 Å². The third-order valence-corrected chi connectivity index (χ3v) is 4.83. The first kappa shape index (κ1) is 14.9. The number of rotatable bonds is 7. The molecule has 0 aliphatic rings. The summed E-state index contributed by atoms with van der Waals surface area (Å²) in [4.78, 5) is 0.